The molecule has 1 aliphatic heterocycles. The lowest BCUT2D eigenvalue weighted by molar-refractivity contribution is -0.119. The Balaban J connectivity index is 2.13. The van der Waals surface area contributed by atoms with Crippen LogP contribution < -0.4 is 5.32 Å². The van der Waals surface area contributed by atoms with Crippen molar-refractivity contribution in [3.05, 3.63) is 0 Å². The second-order valence-electron chi connectivity index (χ2n) is 6.42. The molecule has 3 heteroatoms. The van der Waals surface area contributed by atoms with Crippen molar-refractivity contribution in [2.24, 2.45) is 11.8 Å². The first-order valence-corrected chi connectivity index (χ1v) is 8.11. The molecule has 2 aliphatic rings. The Morgan fingerprint density at radius 1 is 1.32 bits per heavy atom. The highest BCUT2D eigenvalue weighted by Crippen LogP contribution is 2.41. The third kappa shape index (κ3) is 3.50. The van der Waals surface area contributed by atoms with Crippen molar-refractivity contribution in [3.8, 4) is 0 Å². The zero-order valence-corrected chi connectivity index (χ0v) is 12.9. The zero-order valence-electron chi connectivity index (χ0n) is 12.9. The molecular weight excluding hydrogens is 238 g/mol. The van der Waals surface area contributed by atoms with E-state index in [1.165, 1.54) is 38.5 Å². The summed E-state index contributed by atoms with van der Waals surface area (Å²) in [7, 11) is 2.11. The van der Waals surface area contributed by atoms with Crippen LogP contribution in [-0.4, -0.2) is 38.5 Å². The molecule has 3 nitrogen and oxygen atoms in total. The number of hydrogen-bond donors (Lipinski definition) is 1. The van der Waals surface area contributed by atoms with E-state index in [-0.39, 0.29) is 5.60 Å². The van der Waals surface area contributed by atoms with Crippen LogP contribution in [0.25, 0.3) is 0 Å². The van der Waals surface area contributed by atoms with E-state index in [0.29, 0.717) is 12.0 Å². The average Bonchev–Trinajstić information content (AvgIpc) is 2.41. The van der Waals surface area contributed by atoms with Crippen LogP contribution in [0.3, 0.4) is 0 Å². The van der Waals surface area contributed by atoms with Crippen LogP contribution in [0.5, 0.6) is 0 Å². The summed E-state index contributed by atoms with van der Waals surface area (Å²) >= 11 is 0. The third-order valence-electron chi connectivity index (χ3n) is 5.04. The Bertz CT molecular complexity index is 261. The fraction of sp³-hybridized carbons (Fsp3) is 1.00. The minimum atomic E-state index is 0.0587. The van der Waals surface area contributed by atoms with Gasteiger partial charge in [-0.15, -0.1) is 0 Å². The van der Waals surface area contributed by atoms with E-state index in [4.69, 9.17) is 9.47 Å². The highest BCUT2D eigenvalue weighted by atomic mass is 16.5. The lowest BCUT2D eigenvalue weighted by atomic mass is 9.69. The summed E-state index contributed by atoms with van der Waals surface area (Å²) in [6.07, 6.45) is 7.45. The first kappa shape index (κ1) is 15.3. The van der Waals surface area contributed by atoms with Gasteiger partial charge in [0.1, 0.15) is 0 Å². The van der Waals surface area contributed by atoms with E-state index in [2.05, 4.69) is 26.2 Å². The van der Waals surface area contributed by atoms with Gasteiger partial charge in [0.25, 0.3) is 0 Å². The topological polar surface area (TPSA) is 30.5 Å². The van der Waals surface area contributed by atoms with Gasteiger partial charge >= 0.3 is 0 Å². The molecule has 0 spiro atoms. The van der Waals surface area contributed by atoms with Gasteiger partial charge in [0.2, 0.25) is 0 Å². The molecule has 2 rings (SSSR count). The van der Waals surface area contributed by atoms with Crippen LogP contribution in [0, 0.1) is 11.8 Å². The maximum absolute atomic E-state index is 6.34. The highest BCUT2D eigenvalue weighted by Gasteiger charge is 2.45. The standard InChI is InChI=1S/C16H31NO2/c1-4-19-16(9-5-6-13(2)12-16)15(17-3)14-7-10-18-11-8-14/h13-15,17H,4-12H2,1-3H3. The number of nitrogens with one attached hydrogen (secondary N) is 1. The molecule has 1 saturated heterocycles. The normalized spacial score (nSPS) is 35.2. The molecule has 0 radical (unpaired) electrons. The second kappa shape index (κ2) is 7.05. The summed E-state index contributed by atoms with van der Waals surface area (Å²) in [4.78, 5) is 0. The lowest BCUT2D eigenvalue weighted by Gasteiger charge is -2.48. The SMILES string of the molecule is CCOC1(C(NC)C2CCOCC2)CCCC(C)C1. The van der Waals surface area contributed by atoms with Gasteiger partial charge in [0.05, 0.1) is 5.60 Å². The van der Waals surface area contributed by atoms with E-state index >= 15 is 0 Å². The Hall–Kier alpha value is -0.120. The molecule has 0 aromatic carbocycles. The van der Waals surface area contributed by atoms with E-state index in [1.54, 1.807) is 0 Å². The Morgan fingerprint density at radius 2 is 2.05 bits per heavy atom. The fourth-order valence-corrected chi connectivity index (χ4v) is 4.31. The van der Waals surface area contributed by atoms with Crippen LogP contribution in [0.15, 0.2) is 0 Å². The van der Waals surface area contributed by atoms with Gasteiger partial charge in [0, 0.05) is 25.9 Å². The summed E-state index contributed by atoms with van der Waals surface area (Å²) < 4.78 is 11.9. The summed E-state index contributed by atoms with van der Waals surface area (Å²) in [5, 5.41) is 3.61. The summed E-state index contributed by atoms with van der Waals surface area (Å²) in [5.74, 6) is 1.49. The van der Waals surface area contributed by atoms with E-state index < -0.39 is 0 Å². The van der Waals surface area contributed by atoms with Gasteiger partial charge < -0.3 is 14.8 Å². The molecule has 112 valence electrons. The first-order valence-electron chi connectivity index (χ1n) is 8.11. The van der Waals surface area contributed by atoms with Crippen molar-refractivity contribution in [3.63, 3.8) is 0 Å². The lowest BCUT2D eigenvalue weighted by Crippen LogP contribution is -2.58. The quantitative estimate of drug-likeness (QED) is 0.832. The molecule has 3 unspecified atom stereocenters. The van der Waals surface area contributed by atoms with Crippen molar-refractivity contribution in [2.45, 2.75) is 64.0 Å². The van der Waals surface area contributed by atoms with Crippen LogP contribution in [0.4, 0.5) is 0 Å². The molecule has 1 aliphatic carbocycles. The minimum Gasteiger partial charge on any atom is -0.381 e. The predicted molar refractivity (Wildman–Crippen MR) is 78.4 cm³/mol. The molecule has 0 aromatic heterocycles. The van der Waals surface area contributed by atoms with Crippen molar-refractivity contribution >= 4 is 0 Å². The molecule has 0 aromatic rings. The molecule has 0 amide bonds. The van der Waals surface area contributed by atoms with Gasteiger partial charge in [-0.1, -0.05) is 19.8 Å². The number of hydrogen-bond acceptors (Lipinski definition) is 3. The summed E-state index contributed by atoms with van der Waals surface area (Å²) in [6.45, 7) is 7.18. The van der Waals surface area contributed by atoms with Crippen molar-refractivity contribution in [2.75, 3.05) is 26.9 Å². The number of rotatable bonds is 5. The largest absolute Gasteiger partial charge is 0.381 e. The van der Waals surface area contributed by atoms with Gasteiger partial charge in [0.15, 0.2) is 0 Å². The maximum atomic E-state index is 6.34. The van der Waals surface area contributed by atoms with E-state index in [0.717, 1.165) is 25.7 Å². The second-order valence-corrected chi connectivity index (χ2v) is 6.42. The Labute approximate surface area is 118 Å². The van der Waals surface area contributed by atoms with Crippen molar-refractivity contribution in [1.82, 2.24) is 5.32 Å². The maximum Gasteiger partial charge on any atom is 0.0839 e. The smallest absolute Gasteiger partial charge is 0.0839 e. The average molecular weight is 269 g/mol. The highest BCUT2D eigenvalue weighted by molar-refractivity contribution is 5.00. The van der Waals surface area contributed by atoms with Crippen LogP contribution >= 0.6 is 0 Å². The van der Waals surface area contributed by atoms with Gasteiger partial charge in [-0.05, 0) is 51.5 Å². The summed E-state index contributed by atoms with van der Waals surface area (Å²) in [6, 6.07) is 0.485. The summed E-state index contributed by atoms with van der Waals surface area (Å²) in [5.41, 5.74) is 0.0587. The zero-order chi connectivity index (χ0) is 13.7. The van der Waals surface area contributed by atoms with Crippen LogP contribution in [0.2, 0.25) is 0 Å². The Kier molecular flexibility index (Phi) is 5.67. The molecule has 3 atom stereocenters. The molecule has 1 N–H and O–H groups in total. The first-order chi connectivity index (χ1) is 9.22. The van der Waals surface area contributed by atoms with Gasteiger partial charge in [-0.3, -0.25) is 0 Å². The fourth-order valence-electron chi connectivity index (χ4n) is 4.31. The molecule has 0 bridgehead atoms. The molecule has 19 heavy (non-hydrogen) atoms. The Morgan fingerprint density at radius 3 is 2.63 bits per heavy atom. The minimum absolute atomic E-state index is 0.0587. The molecule has 1 saturated carbocycles. The molecule has 2 fully saturated rings. The van der Waals surface area contributed by atoms with Gasteiger partial charge in [-0.2, -0.15) is 0 Å². The third-order valence-corrected chi connectivity index (χ3v) is 5.04. The molecule has 1 heterocycles. The van der Waals surface area contributed by atoms with Gasteiger partial charge in [-0.25, -0.2) is 0 Å². The predicted octanol–water partition coefficient (Wildman–Crippen LogP) is 2.99. The van der Waals surface area contributed by atoms with Crippen LogP contribution in [-0.2, 0) is 9.47 Å². The monoisotopic (exact) mass is 269 g/mol. The number of ether oxygens (including phenoxy) is 2. The van der Waals surface area contributed by atoms with E-state index in [9.17, 15) is 0 Å². The molecular formula is C16H31NO2. The number of likely N-dealkylation sites (N-methyl/N-ethyl adjacent to an activating group) is 1. The van der Waals surface area contributed by atoms with Crippen molar-refractivity contribution in [1.29, 1.82) is 0 Å². The van der Waals surface area contributed by atoms with E-state index in [1.807, 2.05) is 0 Å². The van der Waals surface area contributed by atoms with Crippen molar-refractivity contribution < 1.29 is 9.47 Å². The van der Waals surface area contributed by atoms with Crippen LogP contribution in [0.1, 0.15) is 52.4 Å².